The van der Waals surface area contributed by atoms with Gasteiger partial charge in [-0.1, -0.05) is 0 Å². The minimum absolute atomic E-state index is 0.0277. The van der Waals surface area contributed by atoms with Gasteiger partial charge in [0.2, 0.25) is 11.9 Å². The Balaban J connectivity index is 1.48. The number of nitrogens with zero attached hydrogens (tertiary/aromatic N) is 4. The zero-order valence-corrected chi connectivity index (χ0v) is 18.2. The van der Waals surface area contributed by atoms with Crippen LogP contribution in [0.1, 0.15) is 12.0 Å². The number of hydrogen-bond acceptors (Lipinski definition) is 8. The quantitative estimate of drug-likeness (QED) is 0.623. The number of aromatic nitrogens is 2. The van der Waals surface area contributed by atoms with Crippen molar-refractivity contribution in [1.82, 2.24) is 14.9 Å². The van der Waals surface area contributed by atoms with Crippen LogP contribution in [0.15, 0.2) is 22.9 Å². The molecule has 4 rings (SSSR count). The number of nitrogen functional groups attached to an aromatic ring is 1. The van der Waals surface area contributed by atoms with E-state index >= 15 is 0 Å². The van der Waals surface area contributed by atoms with Gasteiger partial charge in [-0.05, 0) is 34.9 Å². The van der Waals surface area contributed by atoms with Crippen molar-refractivity contribution in [3.8, 4) is 11.5 Å². The Bertz CT molecular complexity index is 1080. The fraction of sp³-hybridized carbons (Fsp3) is 0.381. The van der Waals surface area contributed by atoms with E-state index in [1.54, 1.807) is 17.4 Å². The number of benzene rings is 1. The van der Waals surface area contributed by atoms with Crippen LogP contribution >= 0.6 is 11.3 Å². The molecule has 8 nitrogen and oxygen atoms in total. The lowest BCUT2D eigenvalue weighted by atomic mass is 10.1. The molecule has 1 saturated heterocycles. The number of piperazine rings is 1. The first-order valence-electron chi connectivity index (χ1n) is 9.93. The number of methoxy groups -OCH3 is 2. The maximum Gasteiger partial charge on any atom is 0.228 e. The topological polar surface area (TPSA) is 93.8 Å². The standard InChI is InChI=1S/C21H24FN5O3S/c1-29-15-11-14-18(17(22)19(15)30-2)24-21(25-20(14)23)27-8-6-26(7-9-27)16(28)4-3-13-5-10-31-12-13/h5,10-12H,3-4,6-9H2,1-2H3,(H2,23,24,25). The molecule has 1 aliphatic rings. The molecule has 3 aromatic rings. The molecule has 0 atom stereocenters. The van der Waals surface area contributed by atoms with E-state index in [0.29, 0.717) is 43.9 Å². The van der Waals surface area contributed by atoms with Gasteiger partial charge in [-0.25, -0.2) is 9.37 Å². The van der Waals surface area contributed by atoms with Crippen molar-refractivity contribution in [2.45, 2.75) is 12.8 Å². The molecule has 31 heavy (non-hydrogen) atoms. The van der Waals surface area contributed by atoms with Gasteiger partial charge in [-0.15, -0.1) is 0 Å². The van der Waals surface area contributed by atoms with Crippen LogP contribution in [0.25, 0.3) is 10.9 Å². The van der Waals surface area contributed by atoms with Crippen LogP contribution in [0.5, 0.6) is 11.5 Å². The highest BCUT2D eigenvalue weighted by molar-refractivity contribution is 7.07. The number of anilines is 2. The van der Waals surface area contributed by atoms with Crippen LogP contribution in [0.3, 0.4) is 0 Å². The molecule has 0 bridgehead atoms. The molecular weight excluding hydrogens is 421 g/mol. The summed E-state index contributed by atoms with van der Waals surface area (Å²) in [7, 11) is 2.79. The number of nitrogens with two attached hydrogens (primary N) is 1. The first-order valence-corrected chi connectivity index (χ1v) is 10.9. The van der Waals surface area contributed by atoms with E-state index in [-0.39, 0.29) is 28.7 Å². The van der Waals surface area contributed by atoms with Gasteiger partial charge >= 0.3 is 0 Å². The average molecular weight is 446 g/mol. The predicted octanol–water partition coefficient (Wildman–Crippen LogP) is 2.71. The maximum absolute atomic E-state index is 15.0. The number of rotatable bonds is 6. The van der Waals surface area contributed by atoms with E-state index in [1.807, 2.05) is 21.2 Å². The lowest BCUT2D eigenvalue weighted by Gasteiger charge is -2.35. The van der Waals surface area contributed by atoms with Crippen molar-refractivity contribution in [3.63, 3.8) is 0 Å². The summed E-state index contributed by atoms with van der Waals surface area (Å²) in [5.74, 6) is 0.183. The normalized spacial score (nSPS) is 14.2. The molecule has 0 unspecified atom stereocenters. The fourth-order valence-corrected chi connectivity index (χ4v) is 4.38. The lowest BCUT2D eigenvalue weighted by molar-refractivity contribution is -0.131. The van der Waals surface area contributed by atoms with Gasteiger partial charge in [-0.3, -0.25) is 4.79 Å². The zero-order chi connectivity index (χ0) is 22.0. The smallest absolute Gasteiger partial charge is 0.228 e. The van der Waals surface area contributed by atoms with E-state index in [9.17, 15) is 9.18 Å². The summed E-state index contributed by atoms with van der Waals surface area (Å²) in [6, 6.07) is 3.61. The predicted molar refractivity (Wildman–Crippen MR) is 118 cm³/mol. The number of hydrogen-bond donors (Lipinski definition) is 1. The third kappa shape index (κ3) is 4.20. The molecular formula is C21H24FN5O3S. The summed E-state index contributed by atoms with van der Waals surface area (Å²) < 4.78 is 25.3. The highest BCUT2D eigenvalue weighted by Gasteiger charge is 2.25. The van der Waals surface area contributed by atoms with Crippen molar-refractivity contribution in [1.29, 1.82) is 0 Å². The first-order chi connectivity index (χ1) is 15.0. The lowest BCUT2D eigenvalue weighted by Crippen LogP contribution is -2.49. The van der Waals surface area contributed by atoms with Crippen LogP contribution in [0, 0.1) is 5.82 Å². The summed E-state index contributed by atoms with van der Waals surface area (Å²) >= 11 is 1.63. The Morgan fingerprint density at radius 2 is 2.00 bits per heavy atom. The summed E-state index contributed by atoms with van der Waals surface area (Å²) in [6.07, 6.45) is 1.24. The largest absolute Gasteiger partial charge is 0.493 e. The Kier molecular flexibility index (Phi) is 6.08. The molecule has 164 valence electrons. The molecule has 0 radical (unpaired) electrons. The number of fused-ring (bicyclic) bond motifs is 1. The number of thiophene rings is 1. The van der Waals surface area contributed by atoms with Crippen LogP contribution in [0.2, 0.25) is 0 Å². The highest BCUT2D eigenvalue weighted by Crippen LogP contribution is 2.37. The van der Waals surface area contributed by atoms with Crippen molar-refractivity contribution in [2.24, 2.45) is 0 Å². The van der Waals surface area contributed by atoms with Crippen molar-refractivity contribution in [2.75, 3.05) is 51.0 Å². The molecule has 0 spiro atoms. The molecule has 1 amide bonds. The van der Waals surface area contributed by atoms with E-state index in [2.05, 4.69) is 15.3 Å². The Morgan fingerprint density at radius 1 is 1.23 bits per heavy atom. The second-order valence-electron chi connectivity index (χ2n) is 7.23. The van der Waals surface area contributed by atoms with Crippen molar-refractivity contribution >= 4 is 39.9 Å². The Hall–Kier alpha value is -3.14. The Morgan fingerprint density at radius 3 is 2.65 bits per heavy atom. The zero-order valence-electron chi connectivity index (χ0n) is 17.4. The number of ether oxygens (including phenoxy) is 2. The molecule has 0 saturated carbocycles. The fourth-order valence-electron chi connectivity index (χ4n) is 3.68. The molecule has 1 aromatic carbocycles. The van der Waals surface area contributed by atoms with Gasteiger partial charge in [0.05, 0.1) is 14.2 Å². The van der Waals surface area contributed by atoms with Crippen molar-refractivity contribution in [3.05, 3.63) is 34.3 Å². The van der Waals surface area contributed by atoms with E-state index < -0.39 is 5.82 Å². The molecule has 1 aliphatic heterocycles. The number of carbonyl (C=O) groups excluding carboxylic acids is 1. The molecule has 3 heterocycles. The first kappa shape index (κ1) is 21.1. The number of carbonyl (C=O) groups is 1. The second kappa shape index (κ2) is 8.93. The van der Waals surface area contributed by atoms with Crippen LogP contribution in [-0.4, -0.2) is 61.2 Å². The van der Waals surface area contributed by atoms with E-state index in [0.717, 1.165) is 6.42 Å². The minimum atomic E-state index is -0.644. The third-order valence-electron chi connectivity index (χ3n) is 5.42. The second-order valence-corrected chi connectivity index (χ2v) is 8.01. The monoisotopic (exact) mass is 445 g/mol. The molecule has 0 aliphatic carbocycles. The van der Waals surface area contributed by atoms with Gasteiger partial charge in [0.15, 0.2) is 17.3 Å². The molecule has 10 heteroatoms. The molecule has 1 fully saturated rings. The highest BCUT2D eigenvalue weighted by atomic mass is 32.1. The van der Waals surface area contributed by atoms with Crippen LogP contribution in [0.4, 0.5) is 16.2 Å². The summed E-state index contributed by atoms with van der Waals surface area (Å²) in [4.78, 5) is 25.1. The van der Waals surface area contributed by atoms with Gasteiger partial charge in [-0.2, -0.15) is 16.3 Å². The minimum Gasteiger partial charge on any atom is -0.493 e. The molecule has 2 N–H and O–H groups in total. The number of aryl methyl sites for hydroxylation is 1. The van der Waals surface area contributed by atoms with Crippen LogP contribution in [-0.2, 0) is 11.2 Å². The Labute approximate surface area is 183 Å². The SMILES string of the molecule is COc1cc2c(N)nc(N3CCN(C(=O)CCc4ccsc4)CC3)nc2c(F)c1OC. The molecule has 2 aromatic heterocycles. The van der Waals surface area contributed by atoms with Crippen molar-refractivity contribution < 1.29 is 18.7 Å². The number of halogens is 1. The third-order valence-corrected chi connectivity index (χ3v) is 6.15. The van der Waals surface area contributed by atoms with E-state index in [1.165, 1.54) is 19.8 Å². The summed E-state index contributed by atoms with van der Waals surface area (Å²) in [6.45, 7) is 2.20. The van der Waals surface area contributed by atoms with Gasteiger partial charge in [0.1, 0.15) is 11.3 Å². The average Bonchev–Trinajstić information content (AvgIpc) is 3.31. The number of amides is 1. The maximum atomic E-state index is 15.0. The summed E-state index contributed by atoms with van der Waals surface area (Å²) in [5, 5.41) is 4.44. The van der Waals surface area contributed by atoms with Crippen LogP contribution < -0.4 is 20.1 Å². The van der Waals surface area contributed by atoms with Gasteiger partial charge in [0.25, 0.3) is 0 Å². The van der Waals surface area contributed by atoms with Gasteiger partial charge in [0, 0.05) is 38.0 Å². The summed E-state index contributed by atoms with van der Waals surface area (Å²) in [5.41, 5.74) is 7.37. The van der Waals surface area contributed by atoms with Gasteiger partial charge < -0.3 is 25.0 Å². The van der Waals surface area contributed by atoms with E-state index in [4.69, 9.17) is 15.2 Å².